The van der Waals surface area contributed by atoms with Crippen LogP contribution in [0.4, 0.5) is 0 Å². The predicted molar refractivity (Wildman–Crippen MR) is 78.2 cm³/mol. The molecule has 1 unspecified atom stereocenters. The summed E-state index contributed by atoms with van der Waals surface area (Å²) in [6.07, 6.45) is 3.51. The molecule has 3 heterocycles. The van der Waals surface area contributed by atoms with Crippen molar-refractivity contribution in [3.63, 3.8) is 0 Å². The number of carbonyl (C=O) groups excluding carboxylic acids is 2. The van der Waals surface area contributed by atoms with Gasteiger partial charge in [-0.2, -0.15) is 5.10 Å². The first-order chi connectivity index (χ1) is 10.5. The fourth-order valence-corrected chi connectivity index (χ4v) is 3.16. The van der Waals surface area contributed by atoms with Crippen molar-refractivity contribution in [2.75, 3.05) is 13.1 Å². The van der Waals surface area contributed by atoms with E-state index < -0.39 is 0 Å². The maximum atomic E-state index is 12.1. The van der Waals surface area contributed by atoms with Gasteiger partial charge in [-0.3, -0.25) is 14.2 Å². The number of carbonyl (C=O) groups is 2. The van der Waals surface area contributed by atoms with Crippen molar-refractivity contribution in [1.82, 2.24) is 24.6 Å². The summed E-state index contributed by atoms with van der Waals surface area (Å²) in [5, 5.41) is 7.20. The summed E-state index contributed by atoms with van der Waals surface area (Å²) < 4.78 is 3.03. The minimum Gasteiger partial charge on any atom is -0.352 e. The molecule has 8 nitrogen and oxygen atoms in total. The van der Waals surface area contributed by atoms with Gasteiger partial charge in [0, 0.05) is 39.0 Å². The molecule has 1 atom stereocenters. The zero-order valence-corrected chi connectivity index (χ0v) is 12.7. The van der Waals surface area contributed by atoms with Crippen LogP contribution in [-0.2, 0) is 29.6 Å². The highest BCUT2D eigenvalue weighted by Crippen LogP contribution is 2.12. The SMILES string of the molecule is Cn1nc2n(c1=O)CCC(NC(=O)CN1CCCC1=O)CC2. The molecule has 0 aromatic carbocycles. The van der Waals surface area contributed by atoms with Crippen molar-refractivity contribution in [3.8, 4) is 0 Å². The van der Waals surface area contributed by atoms with Crippen LogP contribution in [0.15, 0.2) is 4.79 Å². The number of nitrogens with zero attached hydrogens (tertiary/aromatic N) is 4. The topological polar surface area (TPSA) is 89.2 Å². The Morgan fingerprint density at radius 3 is 2.82 bits per heavy atom. The minimum absolute atomic E-state index is 0.0246. The molecule has 0 bridgehead atoms. The minimum atomic E-state index is -0.118. The quantitative estimate of drug-likeness (QED) is 0.778. The van der Waals surface area contributed by atoms with Crippen LogP contribution in [0, 0.1) is 0 Å². The molecule has 22 heavy (non-hydrogen) atoms. The number of aromatic nitrogens is 3. The third kappa shape index (κ3) is 2.90. The Bertz CT molecular complexity index is 647. The summed E-state index contributed by atoms with van der Waals surface area (Å²) >= 11 is 0. The zero-order valence-electron chi connectivity index (χ0n) is 12.7. The molecule has 2 aliphatic heterocycles. The van der Waals surface area contributed by atoms with Gasteiger partial charge < -0.3 is 10.2 Å². The summed E-state index contributed by atoms with van der Waals surface area (Å²) in [5.74, 6) is 0.714. The van der Waals surface area contributed by atoms with Gasteiger partial charge in [0.1, 0.15) is 5.82 Å². The van der Waals surface area contributed by atoms with E-state index in [2.05, 4.69) is 10.4 Å². The van der Waals surface area contributed by atoms with Crippen molar-refractivity contribution < 1.29 is 9.59 Å². The standard InChI is InChI=1S/C14H21N5O3/c1-17-14(22)19-8-6-10(4-5-11(19)16-17)15-12(20)9-18-7-2-3-13(18)21/h10H,2-9H2,1H3,(H,15,20). The van der Waals surface area contributed by atoms with Crippen LogP contribution in [0.3, 0.4) is 0 Å². The van der Waals surface area contributed by atoms with E-state index in [1.165, 1.54) is 4.68 Å². The lowest BCUT2D eigenvalue weighted by molar-refractivity contribution is -0.133. The van der Waals surface area contributed by atoms with E-state index in [4.69, 9.17) is 0 Å². The fraction of sp³-hybridized carbons (Fsp3) is 0.714. The van der Waals surface area contributed by atoms with E-state index in [0.29, 0.717) is 32.4 Å². The lowest BCUT2D eigenvalue weighted by atomic mass is 10.1. The van der Waals surface area contributed by atoms with E-state index in [1.54, 1.807) is 16.5 Å². The summed E-state index contributed by atoms with van der Waals surface area (Å²) in [6, 6.07) is 0.0246. The Morgan fingerprint density at radius 1 is 1.27 bits per heavy atom. The molecule has 1 aromatic rings. The number of rotatable bonds is 3. The molecule has 0 saturated carbocycles. The van der Waals surface area contributed by atoms with E-state index in [1.807, 2.05) is 0 Å². The molecule has 1 saturated heterocycles. The molecule has 1 fully saturated rings. The molecule has 2 amide bonds. The van der Waals surface area contributed by atoms with Crippen molar-refractivity contribution in [2.24, 2.45) is 7.05 Å². The summed E-state index contributed by atoms with van der Waals surface area (Å²) in [7, 11) is 1.65. The van der Waals surface area contributed by atoms with Crippen LogP contribution >= 0.6 is 0 Å². The van der Waals surface area contributed by atoms with Crippen LogP contribution in [0.5, 0.6) is 0 Å². The van der Waals surface area contributed by atoms with Crippen LogP contribution in [-0.4, -0.2) is 50.2 Å². The van der Waals surface area contributed by atoms with Crippen LogP contribution in [0.1, 0.15) is 31.5 Å². The number of hydrogen-bond donors (Lipinski definition) is 1. The van der Waals surface area contributed by atoms with Crippen LogP contribution < -0.4 is 11.0 Å². The van der Waals surface area contributed by atoms with Gasteiger partial charge in [0.05, 0.1) is 6.54 Å². The summed E-state index contributed by atoms with van der Waals surface area (Å²) in [6.45, 7) is 1.37. The average Bonchev–Trinajstić information content (AvgIpc) is 2.91. The Hall–Kier alpha value is -2.12. The number of amides is 2. The van der Waals surface area contributed by atoms with E-state index in [9.17, 15) is 14.4 Å². The highest BCUT2D eigenvalue weighted by molar-refractivity contribution is 5.85. The van der Waals surface area contributed by atoms with Crippen molar-refractivity contribution >= 4 is 11.8 Å². The zero-order chi connectivity index (χ0) is 15.7. The Balaban J connectivity index is 1.55. The molecule has 8 heteroatoms. The Morgan fingerprint density at radius 2 is 2.09 bits per heavy atom. The first-order valence-corrected chi connectivity index (χ1v) is 7.74. The largest absolute Gasteiger partial charge is 0.352 e. The molecule has 1 aromatic heterocycles. The Labute approximate surface area is 128 Å². The molecular formula is C14H21N5O3. The number of fused-ring (bicyclic) bond motifs is 1. The lowest BCUT2D eigenvalue weighted by Crippen LogP contribution is -2.42. The second-order valence-corrected chi connectivity index (χ2v) is 5.98. The molecule has 2 aliphatic rings. The Kier molecular flexibility index (Phi) is 4.00. The van der Waals surface area contributed by atoms with E-state index in [-0.39, 0.29) is 30.1 Å². The normalized spacial score (nSPS) is 21.6. The van der Waals surface area contributed by atoms with Gasteiger partial charge in [0.25, 0.3) is 0 Å². The van der Waals surface area contributed by atoms with Gasteiger partial charge in [-0.25, -0.2) is 9.48 Å². The fourth-order valence-electron chi connectivity index (χ4n) is 3.16. The molecule has 0 aliphatic carbocycles. The molecule has 120 valence electrons. The van der Waals surface area contributed by atoms with Crippen molar-refractivity contribution in [3.05, 3.63) is 16.3 Å². The molecular weight excluding hydrogens is 286 g/mol. The second kappa shape index (κ2) is 5.94. The number of nitrogens with one attached hydrogen (secondary N) is 1. The summed E-state index contributed by atoms with van der Waals surface area (Å²) in [4.78, 5) is 37.1. The smallest absolute Gasteiger partial charge is 0.345 e. The maximum absolute atomic E-state index is 12.1. The predicted octanol–water partition coefficient (Wildman–Crippen LogP) is -0.975. The number of aryl methyl sites for hydroxylation is 2. The van der Waals surface area contributed by atoms with Gasteiger partial charge in [-0.05, 0) is 19.3 Å². The van der Waals surface area contributed by atoms with Crippen molar-refractivity contribution in [2.45, 2.75) is 44.7 Å². The van der Waals surface area contributed by atoms with Crippen LogP contribution in [0.2, 0.25) is 0 Å². The van der Waals surface area contributed by atoms with E-state index in [0.717, 1.165) is 18.7 Å². The first kappa shape index (κ1) is 14.8. The highest BCUT2D eigenvalue weighted by atomic mass is 16.2. The van der Waals surface area contributed by atoms with Gasteiger partial charge in [-0.1, -0.05) is 0 Å². The van der Waals surface area contributed by atoms with E-state index >= 15 is 0 Å². The average molecular weight is 307 g/mol. The molecule has 0 radical (unpaired) electrons. The highest BCUT2D eigenvalue weighted by Gasteiger charge is 2.25. The third-order valence-electron chi connectivity index (χ3n) is 4.37. The maximum Gasteiger partial charge on any atom is 0.345 e. The van der Waals surface area contributed by atoms with Crippen molar-refractivity contribution in [1.29, 1.82) is 0 Å². The monoisotopic (exact) mass is 307 g/mol. The van der Waals surface area contributed by atoms with Crippen LogP contribution in [0.25, 0.3) is 0 Å². The third-order valence-corrected chi connectivity index (χ3v) is 4.37. The van der Waals surface area contributed by atoms with Gasteiger partial charge >= 0.3 is 5.69 Å². The van der Waals surface area contributed by atoms with Gasteiger partial charge in [0.15, 0.2) is 0 Å². The molecule has 1 N–H and O–H groups in total. The summed E-state index contributed by atoms with van der Waals surface area (Å²) in [5.41, 5.74) is -0.107. The van der Waals surface area contributed by atoms with Gasteiger partial charge in [-0.15, -0.1) is 0 Å². The first-order valence-electron chi connectivity index (χ1n) is 7.74. The number of hydrogen-bond acceptors (Lipinski definition) is 4. The molecule has 3 rings (SSSR count). The lowest BCUT2D eigenvalue weighted by Gasteiger charge is -2.19. The van der Waals surface area contributed by atoms with Gasteiger partial charge in [0.2, 0.25) is 11.8 Å². The molecule has 0 spiro atoms. The second-order valence-electron chi connectivity index (χ2n) is 5.98. The number of likely N-dealkylation sites (tertiary alicyclic amines) is 1.